The summed E-state index contributed by atoms with van der Waals surface area (Å²) in [4.78, 5) is 2.32. The molecule has 0 aromatic carbocycles. The molecule has 1 saturated carbocycles. The fourth-order valence-corrected chi connectivity index (χ4v) is 3.23. The van der Waals surface area contributed by atoms with Crippen molar-refractivity contribution < 1.29 is 13.5 Å². The quantitative estimate of drug-likeness (QED) is 0.748. The van der Waals surface area contributed by atoms with Crippen molar-refractivity contribution in [2.45, 2.75) is 50.3 Å². The Kier molecular flexibility index (Phi) is 5.08. The van der Waals surface area contributed by atoms with Crippen LogP contribution in [-0.4, -0.2) is 49.2 Å². The van der Waals surface area contributed by atoms with E-state index in [-0.39, 0.29) is 11.5 Å². The smallest absolute Gasteiger partial charge is 0.242 e. The third-order valence-electron chi connectivity index (χ3n) is 3.96. The van der Waals surface area contributed by atoms with E-state index in [0.29, 0.717) is 30.9 Å². The second-order valence-electron chi connectivity index (χ2n) is 5.94. The summed E-state index contributed by atoms with van der Waals surface area (Å²) in [6.07, 6.45) is 3.74. The van der Waals surface area contributed by atoms with Crippen LogP contribution in [-0.2, 0) is 16.6 Å². The highest BCUT2D eigenvalue weighted by molar-refractivity contribution is 7.89. The Balaban J connectivity index is 2.02. The van der Waals surface area contributed by atoms with Gasteiger partial charge in [-0.05, 0) is 39.8 Å². The molecule has 7 heteroatoms. The predicted octanol–water partition coefficient (Wildman–Crippen LogP) is 0.934. The van der Waals surface area contributed by atoms with Gasteiger partial charge in [0, 0.05) is 37.1 Å². The molecule has 0 unspecified atom stereocenters. The lowest BCUT2D eigenvalue weighted by atomic mass is 10.3. The fourth-order valence-electron chi connectivity index (χ4n) is 2.16. The monoisotopic (exact) mass is 315 g/mol. The van der Waals surface area contributed by atoms with Crippen LogP contribution in [0.3, 0.4) is 0 Å². The predicted molar refractivity (Wildman–Crippen MR) is 81.6 cm³/mol. The average molecular weight is 315 g/mol. The van der Waals surface area contributed by atoms with Gasteiger partial charge >= 0.3 is 0 Å². The van der Waals surface area contributed by atoms with Crippen LogP contribution >= 0.6 is 0 Å². The largest absolute Gasteiger partial charge is 0.390 e. The maximum atomic E-state index is 12.3. The summed E-state index contributed by atoms with van der Waals surface area (Å²) in [6.45, 7) is 5.03. The molecule has 1 aromatic rings. The zero-order valence-electron chi connectivity index (χ0n) is 12.9. The van der Waals surface area contributed by atoms with Crippen molar-refractivity contribution in [2.75, 3.05) is 20.1 Å². The van der Waals surface area contributed by atoms with E-state index in [9.17, 15) is 13.5 Å². The van der Waals surface area contributed by atoms with Crippen LogP contribution in [0.5, 0.6) is 0 Å². The maximum absolute atomic E-state index is 12.3. The van der Waals surface area contributed by atoms with Gasteiger partial charge in [-0.25, -0.2) is 13.1 Å². The zero-order chi connectivity index (χ0) is 15.6. The molecule has 0 spiro atoms. The van der Waals surface area contributed by atoms with Gasteiger partial charge in [-0.15, -0.1) is 0 Å². The summed E-state index contributed by atoms with van der Waals surface area (Å²) < 4.78 is 29.1. The lowest BCUT2D eigenvalue weighted by Crippen LogP contribution is -2.36. The molecule has 2 N–H and O–H groups in total. The van der Waals surface area contributed by atoms with Gasteiger partial charge in [0.05, 0.1) is 11.5 Å². The first-order valence-corrected chi connectivity index (χ1v) is 8.85. The molecule has 6 nitrogen and oxygen atoms in total. The zero-order valence-corrected chi connectivity index (χ0v) is 13.7. The Morgan fingerprint density at radius 3 is 2.67 bits per heavy atom. The van der Waals surface area contributed by atoms with E-state index in [4.69, 9.17) is 0 Å². The molecule has 0 amide bonds. The Morgan fingerprint density at radius 1 is 1.48 bits per heavy atom. The molecule has 0 atom stereocenters. The van der Waals surface area contributed by atoms with Crippen LogP contribution in [0.4, 0.5) is 0 Å². The van der Waals surface area contributed by atoms with Gasteiger partial charge in [-0.2, -0.15) is 0 Å². The van der Waals surface area contributed by atoms with Crippen molar-refractivity contribution in [3.63, 3.8) is 0 Å². The van der Waals surface area contributed by atoms with Gasteiger partial charge in [0.15, 0.2) is 0 Å². The molecule has 2 rings (SSSR count). The van der Waals surface area contributed by atoms with Crippen LogP contribution in [0.2, 0.25) is 0 Å². The minimum atomic E-state index is -3.51. The molecule has 120 valence electrons. The summed E-state index contributed by atoms with van der Waals surface area (Å²) in [5.41, 5.74) is 0.664. The first-order chi connectivity index (χ1) is 9.85. The molecule has 1 aliphatic rings. The number of nitrogens with zero attached hydrogens (tertiary/aromatic N) is 2. The van der Waals surface area contributed by atoms with Crippen molar-refractivity contribution >= 4 is 10.0 Å². The Labute approximate surface area is 126 Å². The standard InChI is InChI=1S/C14H25N3O3S/c1-11(2)16(3)7-6-15-21(19,20)14-8-13(10-18)17(9-14)12-4-5-12/h8-9,11-12,15,18H,4-7,10H2,1-3H3. The van der Waals surface area contributed by atoms with Gasteiger partial charge < -0.3 is 14.6 Å². The number of aliphatic hydroxyl groups is 1. The van der Waals surface area contributed by atoms with Crippen LogP contribution in [0.15, 0.2) is 17.2 Å². The highest BCUT2D eigenvalue weighted by Crippen LogP contribution is 2.37. The van der Waals surface area contributed by atoms with E-state index in [0.717, 1.165) is 12.8 Å². The molecule has 1 aromatic heterocycles. The summed E-state index contributed by atoms with van der Waals surface area (Å²) in [5, 5.41) is 9.34. The summed E-state index contributed by atoms with van der Waals surface area (Å²) >= 11 is 0. The summed E-state index contributed by atoms with van der Waals surface area (Å²) in [6, 6.07) is 2.29. The van der Waals surface area contributed by atoms with Gasteiger partial charge in [-0.1, -0.05) is 0 Å². The van der Waals surface area contributed by atoms with Crippen LogP contribution < -0.4 is 4.72 Å². The number of aromatic nitrogens is 1. The highest BCUT2D eigenvalue weighted by atomic mass is 32.2. The van der Waals surface area contributed by atoms with Crippen LogP contribution in [0, 0.1) is 0 Å². The lowest BCUT2D eigenvalue weighted by molar-refractivity contribution is 0.270. The minimum absolute atomic E-state index is 0.137. The third kappa shape index (κ3) is 4.06. The minimum Gasteiger partial charge on any atom is -0.390 e. The number of likely N-dealkylation sites (N-methyl/N-ethyl adjacent to an activating group) is 1. The SMILES string of the molecule is CC(C)N(C)CCNS(=O)(=O)c1cc(CO)n(C2CC2)c1. The first-order valence-electron chi connectivity index (χ1n) is 7.36. The fraction of sp³-hybridized carbons (Fsp3) is 0.714. The average Bonchev–Trinajstić information content (AvgIpc) is 3.16. The molecular formula is C14H25N3O3S. The van der Waals surface area contributed by atoms with Crippen LogP contribution in [0.25, 0.3) is 0 Å². The molecule has 1 fully saturated rings. The van der Waals surface area contributed by atoms with E-state index in [1.807, 2.05) is 11.6 Å². The molecular weight excluding hydrogens is 290 g/mol. The van der Waals surface area contributed by atoms with Crippen molar-refractivity contribution in [3.05, 3.63) is 18.0 Å². The van der Waals surface area contributed by atoms with Crippen molar-refractivity contribution in [3.8, 4) is 0 Å². The normalized spacial score (nSPS) is 16.1. The number of sulfonamides is 1. The highest BCUT2D eigenvalue weighted by Gasteiger charge is 2.27. The van der Waals surface area contributed by atoms with Crippen LogP contribution in [0.1, 0.15) is 38.4 Å². The molecule has 1 aliphatic carbocycles. The number of aliphatic hydroxyl groups excluding tert-OH is 1. The van der Waals surface area contributed by atoms with E-state index >= 15 is 0 Å². The number of hydrogen-bond acceptors (Lipinski definition) is 4. The summed E-state index contributed by atoms with van der Waals surface area (Å²) in [5.74, 6) is 0. The van der Waals surface area contributed by atoms with Crippen molar-refractivity contribution in [2.24, 2.45) is 0 Å². The molecule has 0 aliphatic heterocycles. The number of hydrogen-bond donors (Lipinski definition) is 2. The molecule has 0 radical (unpaired) electrons. The maximum Gasteiger partial charge on any atom is 0.242 e. The van der Waals surface area contributed by atoms with E-state index in [1.54, 1.807) is 12.3 Å². The van der Waals surface area contributed by atoms with E-state index in [1.165, 1.54) is 0 Å². The number of rotatable bonds is 8. The Morgan fingerprint density at radius 2 is 2.14 bits per heavy atom. The van der Waals surface area contributed by atoms with Gasteiger partial charge in [0.1, 0.15) is 0 Å². The molecule has 0 saturated heterocycles. The molecule has 21 heavy (non-hydrogen) atoms. The first kappa shape index (κ1) is 16.5. The lowest BCUT2D eigenvalue weighted by Gasteiger charge is -2.20. The molecule has 0 bridgehead atoms. The Bertz CT molecular complexity index is 576. The molecule has 1 heterocycles. The van der Waals surface area contributed by atoms with Gasteiger partial charge in [0.25, 0.3) is 0 Å². The van der Waals surface area contributed by atoms with Crippen molar-refractivity contribution in [1.82, 2.24) is 14.2 Å². The Hall–Kier alpha value is -0.890. The topological polar surface area (TPSA) is 74.6 Å². The second kappa shape index (κ2) is 6.48. The number of nitrogens with one attached hydrogen (secondary N) is 1. The van der Waals surface area contributed by atoms with Gasteiger partial charge in [-0.3, -0.25) is 0 Å². The van der Waals surface area contributed by atoms with E-state index < -0.39 is 10.0 Å². The summed E-state index contributed by atoms with van der Waals surface area (Å²) in [7, 11) is -1.54. The third-order valence-corrected chi connectivity index (χ3v) is 5.39. The van der Waals surface area contributed by atoms with Gasteiger partial charge in [0.2, 0.25) is 10.0 Å². The second-order valence-corrected chi connectivity index (χ2v) is 7.70. The van der Waals surface area contributed by atoms with Crippen molar-refractivity contribution in [1.29, 1.82) is 0 Å². The van der Waals surface area contributed by atoms with E-state index in [2.05, 4.69) is 23.5 Å².